The van der Waals surface area contributed by atoms with Gasteiger partial charge >= 0.3 is 0 Å². The monoisotopic (exact) mass is 284 g/mol. The van der Waals surface area contributed by atoms with Gasteiger partial charge in [0.2, 0.25) is 0 Å². The highest BCUT2D eigenvalue weighted by Gasteiger charge is 2.17. The predicted octanol–water partition coefficient (Wildman–Crippen LogP) is 2.52. The van der Waals surface area contributed by atoms with Crippen LogP contribution in [-0.2, 0) is 13.5 Å². The molecule has 112 valence electrons. The van der Waals surface area contributed by atoms with Crippen molar-refractivity contribution in [3.05, 3.63) is 47.8 Å². The van der Waals surface area contributed by atoms with Crippen LogP contribution in [0.2, 0.25) is 0 Å². The van der Waals surface area contributed by atoms with Crippen LogP contribution in [0.15, 0.2) is 36.7 Å². The molecule has 2 aromatic rings. The average Bonchev–Trinajstić information content (AvgIpc) is 3.10. The molecular weight excluding hydrogens is 260 g/mol. The van der Waals surface area contributed by atoms with E-state index in [1.807, 2.05) is 17.9 Å². The van der Waals surface area contributed by atoms with E-state index < -0.39 is 0 Å². The Labute approximate surface area is 126 Å². The Bertz CT molecular complexity index is 590. The smallest absolute Gasteiger partial charge is 0.0537 e. The highest BCUT2D eigenvalue weighted by Crippen LogP contribution is 2.27. The lowest BCUT2D eigenvalue weighted by atomic mass is 10.2. The number of fused-ring (bicyclic) bond motifs is 1. The van der Waals surface area contributed by atoms with Crippen molar-refractivity contribution in [2.24, 2.45) is 7.05 Å². The van der Waals surface area contributed by atoms with Crippen molar-refractivity contribution in [3.63, 3.8) is 0 Å². The van der Waals surface area contributed by atoms with Gasteiger partial charge in [0.1, 0.15) is 0 Å². The molecule has 1 N–H and O–H groups in total. The molecule has 1 aliphatic rings. The van der Waals surface area contributed by atoms with Crippen LogP contribution in [0.3, 0.4) is 0 Å². The summed E-state index contributed by atoms with van der Waals surface area (Å²) in [5.74, 6) is 0. The number of hydrogen-bond donors (Lipinski definition) is 1. The van der Waals surface area contributed by atoms with Crippen LogP contribution in [0.4, 0.5) is 5.69 Å². The Morgan fingerprint density at radius 3 is 3.00 bits per heavy atom. The molecule has 2 heterocycles. The number of para-hydroxylation sites is 1. The molecule has 3 rings (SSSR count). The molecule has 0 bridgehead atoms. The molecule has 1 aliphatic heterocycles. The molecular formula is C17H24N4. The number of nitrogens with one attached hydrogen (secondary N) is 1. The van der Waals surface area contributed by atoms with Gasteiger partial charge in [-0.2, -0.15) is 5.10 Å². The summed E-state index contributed by atoms with van der Waals surface area (Å²) in [4.78, 5) is 2.51. The van der Waals surface area contributed by atoms with Crippen molar-refractivity contribution in [3.8, 4) is 0 Å². The zero-order chi connectivity index (χ0) is 14.7. The first-order valence-corrected chi connectivity index (χ1v) is 7.79. The number of aromatic nitrogens is 2. The third kappa shape index (κ3) is 3.27. The van der Waals surface area contributed by atoms with Crippen molar-refractivity contribution in [2.45, 2.75) is 25.8 Å². The van der Waals surface area contributed by atoms with Crippen LogP contribution in [0.5, 0.6) is 0 Å². The van der Waals surface area contributed by atoms with Crippen molar-refractivity contribution in [1.29, 1.82) is 0 Å². The number of nitrogens with zero attached hydrogens (tertiary/aromatic N) is 3. The molecule has 1 atom stereocenters. The summed E-state index contributed by atoms with van der Waals surface area (Å²) < 4.78 is 1.86. The fourth-order valence-electron chi connectivity index (χ4n) is 3.01. The number of anilines is 1. The molecule has 0 spiro atoms. The molecule has 0 aliphatic carbocycles. The lowest BCUT2D eigenvalue weighted by molar-refractivity contribution is 0.555. The van der Waals surface area contributed by atoms with Crippen LogP contribution in [0.25, 0.3) is 0 Å². The van der Waals surface area contributed by atoms with E-state index >= 15 is 0 Å². The number of hydrogen-bond acceptors (Lipinski definition) is 3. The Morgan fingerprint density at radius 2 is 2.19 bits per heavy atom. The zero-order valence-electron chi connectivity index (χ0n) is 12.9. The quantitative estimate of drug-likeness (QED) is 0.828. The first-order chi connectivity index (χ1) is 10.2. The molecule has 0 saturated carbocycles. The Kier molecular flexibility index (Phi) is 4.25. The molecule has 0 radical (unpaired) electrons. The van der Waals surface area contributed by atoms with E-state index in [0.29, 0.717) is 6.04 Å². The van der Waals surface area contributed by atoms with E-state index in [1.54, 1.807) is 0 Å². The molecule has 1 aromatic carbocycles. The van der Waals surface area contributed by atoms with E-state index in [0.717, 1.165) is 19.6 Å². The molecule has 1 unspecified atom stereocenters. The minimum absolute atomic E-state index is 0.365. The van der Waals surface area contributed by atoms with Gasteiger partial charge in [-0.3, -0.25) is 4.68 Å². The van der Waals surface area contributed by atoms with Gasteiger partial charge in [0.05, 0.1) is 6.20 Å². The number of aryl methyl sites for hydroxylation is 1. The second-order valence-electron chi connectivity index (χ2n) is 5.84. The van der Waals surface area contributed by atoms with E-state index in [2.05, 4.69) is 52.7 Å². The maximum absolute atomic E-state index is 4.22. The van der Waals surface area contributed by atoms with Crippen LogP contribution >= 0.6 is 0 Å². The molecule has 0 saturated heterocycles. The summed E-state index contributed by atoms with van der Waals surface area (Å²) in [6.45, 7) is 5.53. The summed E-state index contributed by atoms with van der Waals surface area (Å²) >= 11 is 0. The number of rotatable bonds is 6. The summed E-state index contributed by atoms with van der Waals surface area (Å²) in [6.07, 6.45) is 6.37. The first kappa shape index (κ1) is 14.1. The van der Waals surface area contributed by atoms with Gasteiger partial charge in [-0.1, -0.05) is 18.2 Å². The van der Waals surface area contributed by atoms with Gasteiger partial charge in [-0.05, 0) is 37.9 Å². The van der Waals surface area contributed by atoms with Gasteiger partial charge in [-0.15, -0.1) is 0 Å². The first-order valence-electron chi connectivity index (χ1n) is 7.79. The largest absolute Gasteiger partial charge is 0.371 e. The molecule has 1 aromatic heterocycles. The average molecular weight is 284 g/mol. The highest BCUT2D eigenvalue weighted by atomic mass is 15.2. The summed E-state index contributed by atoms with van der Waals surface area (Å²) in [5.41, 5.74) is 4.18. The van der Waals surface area contributed by atoms with E-state index in [4.69, 9.17) is 0 Å². The maximum Gasteiger partial charge on any atom is 0.0537 e. The Morgan fingerprint density at radius 1 is 1.33 bits per heavy atom. The van der Waals surface area contributed by atoms with E-state index in [1.165, 1.54) is 29.7 Å². The fourth-order valence-corrected chi connectivity index (χ4v) is 3.01. The Hall–Kier alpha value is -1.81. The van der Waals surface area contributed by atoms with Gasteiger partial charge in [0.15, 0.2) is 0 Å². The topological polar surface area (TPSA) is 33.1 Å². The Balaban J connectivity index is 1.43. The summed E-state index contributed by atoms with van der Waals surface area (Å²) in [7, 11) is 1.96. The van der Waals surface area contributed by atoms with Crippen molar-refractivity contribution in [1.82, 2.24) is 15.1 Å². The standard InChI is InChI=1S/C17H24N4/c1-14(16-12-19-20(2)13-16)18-9-5-10-21-11-8-15-6-3-4-7-17(15)21/h3-4,6-7,12-14,18H,5,8-11H2,1-2H3. The molecule has 0 fully saturated rings. The van der Waals surface area contributed by atoms with Crippen LogP contribution in [0, 0.1) is 0 Å². The van der Waals surface area contributed by atoms with E-state index in [-0.39, 0.29) is 0 Å². The fraction of sp³-hybridized carbons (Fsp3) is 0.471. The van der Waals surface area contributed by atoms with Gasteiger partial charge in [0, 0.05) is 43.6 Å². The second-order valence-corrected chi connectivity index (χ2v) is 5.84. The van der Waals surface area contributed by atoms with Crippen molar-refractivity contribution in [2.75, 3.05) is 24.5 Å². The van der Waals surface area contributed by atoms with Gasteiger partial charge < -0.3 is 10.2 Å². The van der Waals surface area contributed by atoms with Crippen molar-refractivity contribution >= 4 is 5.69 Å². The van der Waals surface area contributed by atoms with Crippen LogP contribution < -0.4 is 10.2 Å². The van der Waals surface area contributed by atoms with Gasteiger partial charge in [-0.25, -0.2) is 0 Å². The lowest BCUT2D eigenvalue weighted by Crippen LogP contribution is -2.27. The minimum Gasteiger partial charge on any atom is -0.371 e. The normalized spacial score (nSPS) is 15.2. The third-order valence-electron chi connectivity index (χ3n) is 4.26. The van der Waals surface area contributed by atoms with Gasteiger partial charge in [0.25, 0.3) is 0 Å². The zero-order valence-corrected chi connectivity index (χ0v) is 12.9. The molecule has 21 heavy (non-hydrogen) atoms. The second kappa shape index (κ2) is 6.31. The summed E-state index contributed by atoms with van der Waals surface area (Å²) in [6, 6.07) is 9.13. The molecule has 4 heteroatoms. The van der Waals surface area contributed by atoms with E-state index in [9.17, 15) is 0 Å². The SMILES string of the molecule is CC(NCCCN1CCc2ccccc21)c1cnn(C)c1. The molecule has 4 nitrogen and oxygen atoms in total. The predicted molar refractivity (Wildman–Crippen MR) is 86.6 cm³/mol. The van der Waals surface area contributed by atoms with Crippen LogP contribution in [0.1, 0.15) is 30.5 Å². The lowest BCUT2D eigenvalue weighted by Gasteiger charge is -2.20. The van der Waals surface area contributed by atoms with Crippen molar-refractivity contribution < 1.29 is 0 Å². The third-order valence-corrected chi connectivity index (χ3v) is 4.26. The maximum atomic E-state index is 4.22. The number of benzene rings is 1. The highest BCUT2D eigenvalue weighted by molar-refractivity contribution is 5.57. The minimum atomic E-state index is 0.365. The molecule has 0 amide bonds. The summed E-state index contributed by atoms with van der Waals surface area (Å²) in [5, 5.41) is 7.80. The van der Waals surface area contributed by atoms with Crippen LogP contribution in [-0.4, -0.2) is 29.4 Å².